The van der Waals surface area contributed by atoms with Gasteiger partial charge in [-0.3, -0.25) is 0 Å². The van der Waals surface area contributed by atoms with Crippen molar-refractivity contribution in [2.45, 2.75) is 18.5 Å². The van der Waals surface area contributed by atoms with E-state index in [1.54, 1.807) is 31.2 Å². The lowest BCUT2D eigenvalue weighted by atomic mass is 10.1. The Labute approximate surface area is 122 Å². The number of aromatic hydroxyl groups is 1. The maximum Gasteiger partial charge on any atom is 0.338 e. The lowest BCUT2D eigenvalue weighted by molar-refractivity contribution is 0.0526. The van der Waals surface area contributed by atoms with Crippen LogP contribution in [0.15, 0.2) is 35.6 Å². The minimum atomic E-state index is -0.343. The fourth-order valence-electron chi connectivity index (χ4n) is 1.71. The Morgan fingerprint density at radius 3 is 2.65 bits per heavy atom. The van der Waals surface area contributed by atoms with E-state index in [0.717, 1.165) is 5.56 Å². The maximum absolute atomic E-state index is 11.5. The fraction of sp³-hybridized carbons (Fsp3) is 0.214. The molecule has 0 amide bonds. The number of hydrogen-bond acceptors (Lipinski definition) is 6. The number of ether oxygens (including phenoxy) is 1. The van der Waals surface area contributed by atoms with Gasteiger partial charge < -0.3 is 9.84 Å². The summed E-state index contributed by atoms with van der Waals surface area (Å²) in [5.41, 5.74) is 2.04. The molecule has 0 spiro atoms. The molecule has 0 fully saturated rings. The Hall–Kier alpha value is -2.08. The predicted octanol–water partition coefficient (Wildman–Crippen LogP) is 2.24. The van der Waals surface area contributed by atoms with Gasteiger partial charge in [0, 0.05) is 18.2 Å². The number of esters is 1. The van der Waals surface area contributed by atoms with Crippen LogP contribution in [0, 0.1) is 0 Å². The number of nitrogens with zero attached hydrogens (tertiary/aromatic N) is 2. The summed E-state index contributed by atoms with van der Waals surface area (Å²) in [5.74, 6) is -0.427. The van der Waals surface area contributed by atoms with Gasteiger partial charge in [-0.15, -0.1) is 12.6 Å². The fourth-order valence-corrected chi connectivity index (χ4v) is 1.86. The molecular weight excluding hydrogens is 276 g/mol. The monoisotopic (exact) mass is 290 g/mol. The molecule has 0 atom stereocenters. The van der Waals surface area contributed by atoms with Crippen molar-refractivity contribution in [3.05, 3.63) is 47.2 Å². The van der Waals surface area contributed by atoms with Crippen LogP contribution in [-0.4, -0.2) is 27.7 Å². The summed E-state index contributed by atoms with van der Waals surface area (Å²) in [5, 5.41) is 9.92. The van der Waals surface area contributed by atoms with E-state index in [-0.39, 0.29) is 17.0 Å². The molecule has 1 aromatic carbocycles. The molecule has 6 heteroatoms. The van der Waals surface area contributed by atoms with Crippen LogP contribution in [0.5, 0.6) is 5.88 Å². The number of aromatic nitrogens is 2. The summed E-state index contributed by atoms with van der Waals surface area (Å²) < 4.78 is 4.91. The van der Waals surface area contributed by atoms with Gasteiger partial charge in [-0.05, 0) is 24.6 Å². The minimum Gasteiger partial charge on any atom is -0.493 e. The van der Waals surface area contributed by atoms with Crippen molar-refractivity contribution in [2.75, 3.05) is 6.61 Å². The Balaban J connectivity index is 2.12. The normalized spacial score (nSPS) is 10.3. The third-order valence-electron chi connectivity index (χ3n) is 2.69. The van der Waals surface area contributed by atoms with Gasteiger partial charge in [-0.2, -0.15) is 4.98 Å². The van der Waals surface area contributed by atoms with Crippen LogP contribution in [0.2, 0.25) is 0 Å². The quantitative estimate of drug-likeness (QED) is 0.513. The van der Waals surface area contributed by atoms with E-state index in [1.165, 1.54) is 6.20 Å². The van der Waals surface area contributed by atoms with Crippen molar-refractivity contribution in [3.8, 4) is 5.88 Å². The van der Waals surface area contributed by atoms with Crippen molar-refractivity contribution >= 4 is 18.6 Å². The second-order valence-corrected chi connectivity index (χ2v) is 4.51. The highest BCUT2D eigenvalue weighted by molar-refractivity contribution is 7.80. The molecule has 1 heterocycles. The Bertz CT molecular complexity index is 614. The summed E-state index contributed by atoms with van der Waals surface area (Å²) in [6, 6.07) is 7.00. The van der Waals surface area contributed by atoms with E-state index in [2.05, 4.69) is 22.6 Å². The Kier molecular flexibility index (Phi) is 4.57. The average molecular weight is 290 g/mol. The van der Waals surface area contributed by atoms with Crippen molar-refractivity contribution in [1.29, 1.82) is 0 Å². The molecule has 0 aliphatic heterocycles. The van der Waals surface area contributed by atoms with Crippen LogP contribution in [0.3, 0.4) is 0 Å². The molecule has 0 unspecified atom stereocenters. The van der Waals surface area contributed by atoms with Crippen LogP contribution < -0.4 is 0 Å². The van der Waals surface area contributed by atoms with Crippen LogP contribution in [0.4, 0.5) is 0 Å². The number of carbonyl (C=O) groups is 1. The van der Waals surface area contributed by atoms with Crippen molar-refractivity contribution in [3.63, 3.8) is 0 Å². The van der Waals surface area contributed by atoms with Crippen molar-refractivity contribution in [1.82, 2.24) is 9.97 Å². The van der Waals surface area contributed by atoms with Gasteiger partial charge in [0.05, 0.1) is 12.2 Å². The van der Waals surface area contributed by atoms with E-state index in [0.29, 0.717) is 24.2 Å². The first-order valence-corrected chi connectivity index (χ1v) is 6.54. The molecular formula is C14H14N2O3S. The molecule has 0 radical (unpaired) electrons. The molecule has 0 aliphatic carbocycles. The smallest absolute Gasteiger partial charge is 0.338 e. The molecule has 5 nitrogen and oxygen atoms in total. The molecule has 2 rings (SSSR count). The summed E-state index contributed by atoms with van der Waals surface area (Å²) in [4.78, 5) is 19.2. The summed E-state index contributed by atoms with van der Waals surface area (Å²) in [7, 11) is 0. The molecule has 1 aromatic heterocycles. The lowest BCUT2D eigenvalue weighted by Crippen LogP contribution is -2.04. The highest BCUT2D eigenvalue weighted by Crippen LogP contribution is 2.18. The van der Waals surface area contributed by atoms with E-state index >= 15 is 0 Å². The largest absolute Gasteiger partial charge is 0.493 e. The molecule has 0 aliphatic rings. The predicted molar refractivity (Wildman–Crippen MR) is 76.2 cm³/mol. The van der Waals surface area contributed by atoms with Crippen LogP contribution in [-0.2, 0) is 11.2 Å². The first-order chi connectivity index (χ1) is 9.60. The second-order valence-electron chi connectivity index (χ2n) is 4.11. The number of thiol groups is 1. The summed E-state index contributed by atoms with van der Waals surface area (Å²) in [6.07, 6.45) is 2.01. The van der Waals surface area contributed by atoms with E-state index < -0.39 is 0 Å². The Morgan fingerprint density at radius 1 is 1.35 bits per heavy atom. The van der Waals surface area contributed by atoms with Gasteiger partial charge in [0.1, 0.15) is 0 Å². The molecule has 0 saturated heterocycles. The van der Waals surface area contributed by atoms with Crippen molar-refractivity contribution in [2.24, 2.45) is 0 Å². The Morgan fingerprint density at radius 2 is 2.05 bits per heavy atom. The van der Waals surface area contributed by atoms with Gasteiger partial charge >= 0.3 is 5.97 Å². The van der Waals surface area contributed by atoms with Gasteiger partial charge in [0.25, 0.3) is 0 Å². The van der Waals surface area contributed by atoms with Crippen LogP contribution in [0.25, 0.3) is 0 Å². The number of rotatable bonds is 4. The number of carbonyl (C=O) groups excluding carboxylic acids is 1. The van der Waals surface area contributed by atoms with E-state index in [1.807, 2.05) is 0 Å². The first-order valence-electron chi connectivity index (χ1n) is 6.10. The number of hydrogen-bond donors (Lipinski definition) is 2. The molecule has 0 saturated carbocycles. The van der Waals surface area contributed by atoms with Gasteiger partial charge in [0.2, 0.25) is 5.88 Å². The highest BCUT2D eigenvalue weighted by Gasteiger charge is 2.08. The minimum absolute atomic E-state index is 0.0838. The second kappa shape index (κ2) is 6.38. The third kappa shape index (κ3) is 3.48. The zero-order valence-electron chi connectivity index (χ0n) is 10.9. The molecule has 0 bridgehead atoms. The maximum atomic E-state index is 11.5. The molecule has 1 N–H and O–H groups in total. The van der Waals surface area contributed by atoms with Gasteiger partial charge in [-0.1, -0.05) is 12.1 Å². The van der Waals surface area contributed by atoms with E-state index in [9.17, 15) is 9.90 Å². The van der Waals surface area contributed by atoms with Crippen molar-refractivity contribution < 1.29 is 14.6 Å². The topological polar surface area (TPSA) is 72.3 Å². The zero-order valence-corrected chi connectivity index (χ0v) is 11.8. The average Bonchev–Trinajstić information content (AvgIpc) is 2.43. The van der Waals surface area contributed by atoms with Gasteiger partial charge in [0.15, 0.2) is 5.16 Å². The third-order valence-corrected chi connectivity index (χ3v) is 2.90. The zero-order chi connectivity index (χ0) is 14.5. The highest BCUT2D eigenvalue weighted by atomic mass is 32.1. The van der Waals surface area contributed by atoms with Crippen LogP contribution >= 0.6 is 12.6 Å². The van der Waals surface area contributed by atoms with Gasteiger partial charge in [-0.25, -0.2) is 9.78 Å². The SMILES string of the molecule is CCOC(=O)c1ccc(Cc2cnc(S)nc2O)cc1. The standard InChI is InChI=1S/C14H14N2O3S/c1-2-19-13(18)10-5-3-9(4-6-10)7-11-8-15-14(20)16-12(11)17/h3-6,8H,2,7H2,1H3,(H2,15,16,17,20). The van der Waals surface area contributed by atoms with Crippen LogP contribution in [0.1, 0.15) is 28.4 Å². The molecule has 2 aromatic rings. The molecule has 20 heavy (non-hydrogen) atoms. The first kappa shape index (κ1) is 14.3. The molecule has 104 valence electrons. The number of benzene rings is 1. The summed E-state index contributed by atoms with van der Waals surface area (Å²) >= 11 is 3.95. The van der Waals surface area contributed by atoms with E-state index in [4.69, 9.17) is 4.74 Å². The summed E-state index contributed by atoms with van der Waals surface area (Å²) in [6.45, 7) is 2.11. The lowest BCUT2D eigenvalue weighted by Gasteiger charge is -2.05.